The van der Waals surface area contributed by atoms with Crippen LogP contribution >= 0.6 is 0 Å². The van der Waals surface area contributed by atoms with Crippen molar-refractivity contribution in [2.75, 3.05) is 18.0 Å². The SMILES string of the molecule is O=C(CC12CC3CC(CC(C3)C1)C2)c1cn(-c2ccc(F)cc2F)c2nc(N3CCC4(C3)CC4(F)F)ccc2c1=O. The standard InChI is InChI=1S/C32H31F4N3O2/c33-21-1-3-25(24(34)10-21)39-15-23(26(40)14-30-11-18-7-19(12-30)9-20(8-18)13-30)28(41)22-2-4-27(37-29(22)39)38-6-5-31(17-38)16-32(31,35)36/h1-4,10,15,18-20H,5-9,11-14,16-17H2. The van der Waals surface area contributed by atoms with Gasteiger partial charge in [-0.25, -0.2) is 22.5 Å². The minimum Gasteiger partial charge on any atom is -0.356 e. The number of fused-ring (bicyclic) bond motifs is 1. The zero-order chi connectivity index (χ0) is 28.3. The molecule has 0 radical (unpaired) electrons. The molecule has 0 N–H and O–H groups in total. The third-order valence-electron chi connectivity index (χ3n) is 10.9. The summed E-state index contributed by atoms with van der Waals surface area (Å²) >= 11 is 0. The van der Waals surface area contributed by atoms with Crippen LogP contribution in [0.25, 0.3) is 16.7 Å². The summed E-state index contributed by atoms with van der Waals surface area (Å²) in [6, 6.07) is 6.28. The molecule has 5 nitrogen and oxygen atoms in total. The molecule has 1 atom stereocenters. The average Bonchev–Trinajstić information content (AvgIpc) is 3.20. The van der Waals surface area contributed by atoms with E-state index >= 15 is 4.39 Å². The number of Topliss-reactive ketones (excluding diaryl/α,β-unsaturated/α-hetero) is 1. The lowest BCUT2D eigenvalue weighted by Gasteiger charge is -2.56. The zero-order valence-corrected chi connectivity index (χ0v) is 22.6. The molecule has 1 saturated heterocycles. The summed E-state index contributed by atoms with van der Waals surface area (Å²) in [5, 5.41) is 0.138. The summed E-state index contributed by atoms with van der Waals surface area (Å²) in [7, 11) is 0. The minimum absolute atomic E-state index is 0.0238. The number of hydrogen-bond acceptors (Lipinski definition) is 4. The maximum absolute atomic E-state index is 15.1. The number of rotatable bonds is 5. The lowest BCUT2D eigenvalue weighted by atomic mass is 9.48. The summed E-state index contributed by atoms with van der Waals surface area (Å²) in [5.41, 5.74) is -1.56. The Balaban J connectivity index is 1.21. The Bertz CT molecular complexity index is 1650. The normalized spacial score (nSPS) is 32.8. The van der Waals surface area contributed by atoms with Crippen molar-refractivity contribution >= 4 is 22.6 Å². The molecule has 2 aromatic heterocycles. The van der Waals surface area contributed by atoms with Gasteiger partial charge in [-0.15, -0.1) is 0 Å². The van der Waals surface area contributed by atoms with Crippen LogP contribution in [-0.4, -0.2) is 34.3 Å². The second-order valence-electron chi connectivity index (χ2n) is 13.7. The van der Waals surface area contributed by atoms with Crippen molar-refractivity contribution in [2.24, 2.45) is 28.6 Å². The van der Waals surface area contributed by atoms with Crippen LogP contribution in [0.4, 0.5) is 23.4 Å². The summed E-state index contributed by atoms with van der Waals surface area (Å²) < 4.78 is 58.4. The van der Waals surface area contributed by atoms with E-state index in [0.29, 0.717) is 43.0 Å². The van der Waals surface area contributed by atoms with Gasteiger partial charge in [-0.3, -0.25) is 14.2 Å². The van der Waals surface area contributed by atoms with E-state index in [4.69, 9.17) is 0 Å². The van der Waals surface area contributed by atoms with Crippen molar-refractivity contribution in [3.05, 3.63) is 63.9 Å². The summed E-state index contributed by atoms with van der Waals surface area (Å²) in [6.45, 7) is 0.542. The molecule has 3 aromatic rings. The fourth-order valence-corrected chi connectivity index (χ4v) is 9.26. The van der Waals surface area contributed by atoms with Gasteiger partial charge in [0.15, 0.2) is 11.4 Å². The third kappa shape index (κ3) is 3.90. The first kappa shape index (κ1) is 25.5. The van der Waals surface area contributed by atoms with Crippen LogP contribution in [0.2, 0.25) is 0 Å². The van der Waals surface area contributed by atoms with Gasteiger partial charge >= 0.3 is 0 Å². The second-order valence-corrected chi connectivity index (χ2v) is 13.7. The highest BCUT2D eigenvalue weighted by Gasteiger charge is 2.72. The van der Waals surface area contributed by atoms with Crippen LogP contribution in [0.1, 0.15) is 68.1 Å². The van der Waals surface area contributed by atoms with Gasteiger partial charge in [-0.05, 0) is 92.4 Å². The van der Waals surface area contributed by atoms with E-state index in [1.165, 1.54) is 36.1 Å². The smallest absolute Gasteiger partial charge is 0.256 e. The van der Waals surface area contributed by atoms with E-state index in [1.54, 1.807) is 17.0 Å². The largest absolute Gasteiger partial charge is 0.356 e. The van der Waals surface area contributed by atoms with E-state index in [0.717, 1.165) is 31.4 Å². The topological polar surface area (TPSA) is 55.2 Å². The molecule has 6 fully saturated rings. The highest BCUT2D eigenvalue weighted by atomic mass is 19.3. The van der Waals surface area contributed by atoms with Crippen molar-refractivity contribution in [2.45, 2.75) is 63.7 Å². The molecule has 41 heavy (non-hydrogen) atoms. The van der Waals surface area contributed by atoms with Gasteiger partial charge in [0.05, 0.1) is 22.1 Å². The molecule has 9 heteroatoms. The van der Waals surface area contributed by atoms with Crippen molar-refractivity contribution in [3.8, 4) is 5.69 Å². The maximum Gasteiger partial charge on any atom is 0.256 e. The molecular weight excluding hydrogens is 534 g/mol. The van der Waals surface area contributed by atoms with E-state index < -0.39 is 28.4 Å². The first-order chi connectivity index (χ1) is 19.5. The van der Waals surface area contributed by atoms with Crippen molar-refractivity contribution in [1.82, 2.24) is 9.55 Å². The molecule has 3 heterocycles. The monoisotopic (exact) mass is 565 g/mol. The van der Waals surface area contributed by atoms with Gasteiger partial charge in [0.2, 0.25) is 5.43 Å². The quantitative estimate of drug-likeness (QED) is 0.256. The summed E-state index contributed by atoms with van der Waals surface area (Å²) in [6.07, 6.45) is 8.60. The fourth-order valence-electron chi connectivity index (χ4n) is 9.26. The van der Waals surface area contributed by atoms with Gasteiger partial charge < -0.3 is 4.90 Å². The predicted octanol–water partition coefficient (Wildman–Crippen LogP) is 6.69. The number of alkyl halides is 2. The molecule has 0 amide bonds. The van der Waals surface area contributed by atoms with E-state index in [9.17, 15) is 22.8 Å². The number of halogens is 4. The Morgan fingerprint density at radius 3 is 2.29 bits per heavy atom. The Morgan fingerprint density at radius 2 is 1.68 bits per heavy atom. The van der Waals surface area contributed by atoms with Crippen LogP contribution in [0.3, 0.4) is 0 Å². The van der Waals surface area contributed by atoms with Gasteiger partial charge in [-0.2, -0.15) is 0 Å². The summed E-state index contributed by atoms with van der Waals surface area (Å²) in [5.74, 6) is -2.20. The number of pyridine rings is 2. The van der Waals surface area contributed by atoms with Gasteiger partial charge in [0.1, 0.15) is 17.5 Å². The lowest BCUT2D eigenvalue weighted by molar-refractivity contribution is -0.0524. The first-order valence-corrected chi connectivity index (χ1v) is 14.7. The molecule has 1 aliphatic heterocycles. The number of benzene rings is 1. The molecular formula is C32H31F4N3O2. The Kier molecular flexibility index (Phi) is 5.23. The minimum atomic E-state index is -2.69. The number of ketones is 1. The molecule has 214 valence electrons. The van der Waals surface area contributed by atoms with Crippen molar-refractivity contribution in [1.29, 1.82) is 0 Å². The van der Waals surface area contributed by atoms with E-state index in [2.05, 4.69) is 4.98 Å². The van der Waals surface area contributed by atoms with Gasteiger partial charge in [0, 0.05) is 38.2 Å². The molecule has 9 rings (SSSR count). The first-order valence-electron chi connectivity index (χ1n) is 14.7. The molecule has 1 spiro atoms. The van der Waals surface area contributed by atoms with Gasteiger partial charge in [0.25, 0.3) is 5.92 Å². The maximum atomic E-state index is 15.1. The Labute approximate surface area is 234 Å². The van der Waals surface area contributed by atoms with Crippen LogP contribution in [0.15, 0.2) is 41.3 Å². The van der Waals surface area contributed by atoms with Crippen LogP contribution in [0.5, 0.6) is 0 Å². The van der Waals surface area contributed by atoms with Crippen molar-refractivity contribution < 1.29 is 22.4 Å². The number of hydrogen-bond donors (Lipinski definition) is 0. The molecule has 6 aliphatic rings. The molecule has 4 bridgehead atoms. The molecule has 1 aromatic carbocycles. The fraction of sp³-hybridized carbons (Fsp3) is 0.531. The van der Waals surface area contributed by atoms with Crippen LogP contribution in [0, 0.1) is 40.2 Å². The zero-order valence-electron chi connectivity index (χ0n) is 22.6. The Hall–Kier alpha value is -3.23. The number of nitrogens with zero attached hydrogens (tertiary/aromatic N) is 3. The predicted molar refractivity (Wildman–Crippen MR) is 146 cm³/mol. The lowest BCUT2D eigenvalue weighted by Crippen LogP contribution is -2.47. The number of aromatic nitrogens is 2. The second kappa shape index (κ2) is 8.42. The van der Waals surface area contributed by atoms with E-state index in [1.807, 2.05) is 0 Å². The number of anilines is 1. The van der Waals surface area contributed by atoms with Crippen molar-refractivity contribution in [3.63, 3.8) is 0 Å². The van der Waals surface area contributed by atoms with Gasteiger partial charge in [-0.1, -0.05) is 0 Å². The highest BCUT2D eigenvalue weighted by Crippen LogP contribution is 2.65. The molecule has 5 aliphatic carbocycles. The molecule has 5 saturated carbocycles. The highest BCUT2D eigenvalue weighted by molar-refractivity contribution is 5.99. The average molecular weight is 566 g/mol. The van der Waals surface area contributed by atoms with Crippen LogP contribution in [-0.2, 0) is 0 Å². The number of carbonyl (C=O) groups is 1. The third-order valence-corrected chi connectivity index (χ3v) is 10.9. The molecule has 1 unspecified atom stereocenters. The number of carbonyl (C=O) groups excluding carboxylic acids is 1. The van der Waals surface area contributed by atoms with E-state index in [-0.39, 0.29) is 46.4 Å². The Morgan fingerprint density at radius 1 is 1.00 bits per heavy atom. The summed E-state index contributed by atoms with van der Waals surface area (Å²) in [4.78, 5) is 34.1. The van der Waals surface area contributed by atoms with Crippen LogP contribution < -0.4 is 10.3 Å².